The van der Waals surface area contributed by atoms with E-state index in [1.54, 1.807) is 14.2 Å². The first kappa shape index (κ1) is 12.5. The summed E-state index contributed by atoms with van der Waals surface area (Å²) in [5, 5.41) is 10.2. The van der Waals surface area contributed by atoms with E-state index in [0.29, 0.717) is 18.3 Å². The molecular formula is C17H22O3. The summed E-state index contributed by atoms with van der Waals surface area (Å²) in [5.74, 6) is 3.31. The molecule has 0 heterocycles. The van der Waals surface area contributed by atoms with E-state index in [9.17, 15) is 5.11 Å². The first-order chi connectivity index (χ1) is 9.65. The van der Waals surface area contributed by atoms with Gasteiger partial charge in [0.15, 0.2) is 0 Å². The van der Waals surface area contributed by atoms with Crippen molar-refractivity contribution >= 4 is 0 Å². The molecule has 0 aliphatic heterocycles. The van der Waals surface area contributed by atoms with Gasteiger partial charge in [0.1, 0.15) is 11.5 Å². The molecule has 0 amide bonds. The summed E-state index contributed by atoms with van der Waals surface area (Å²) in [4.78, 5) is 0. The zero-order valence-electron chi connectivity index (χ0n) is 12.2. The maximum atomic E-state index is 10.2. The number of hydrogen-bond donors (Lipinski definition) is 1. The summed E-state index contributed by atoms with van der Waals surface area (Å²) in [6, 6.07) is 2.11. The SMILES string of the molecule is COc1cc(CC2(O)CC2)c(OC)c2c1C1CCC2C1. The lowest BCUT2D eigenvalue weighted by atomic mass is 9.87. The van der Waals surface area contributed by atoms with Crippen LogP contribution in [-0.4, -0.2) is 24.9 Å². The summed E-state index contributed by atoms with van der Waals surface area (Å²) in [6.45, 7) is 0. The average Bonchev–Trinajstić information content (AvgIpc) is 2.90. The highest BCUT2D eigenvalue weighted by Gasteiger charge is 2.45. The summed E-state index contributed by atoms with van der Waals surface area (Å²) >= 11 is 0. The van der Waals surface area contributed by atoms with Crippen molar-refractivity contribution in [2.45, 2.75) is 56.0 Å². The van der Waals surface area contributed by atoms with Crippen LogP contribution in [0.25, 0.3) is 0 Å². The number of benzene rings is 1. The van der Waals surface area contributed by atoms with E-state index in [4.69, 9.17) is 9.47 Å². The first-order valence-corrected chi connectivity index (χ1v) is 7.65. The van der Waals surface area contributed by atoms with Crippen LogP contribution in [-0.2, 0) is 6.42 Å². The maximum Gasteiger partial charge on any atom is 0.126 e. The van der Waals surface area contributed by atoms with Gasteiger partial charge in [-0.1, -0.05) is 0 Å². The Morgan fingerprint density at radius 3 is 2.45 bits per heavy atom. The van der Waals surface area contributed by atoms with Crippen LogP contribution in [0.3, 0.4) is 0 Å². The standard InChI is InChI=1S/C17H22O3/c1-19-13-8-12(9-17(18)5-6-17)16(20-2)15-11-4-3-10(7-11)14(13)15/h8,10-11,18H,3-7,9H2,1-2H3. The Morgan fingerprint density at radius 1 is 1.15 bits per heavy atom. The highest BCUT2D eigenvalue weighted by molar-refractivity contribution is 5.60. The van der Waals surface area contributed by atoms with E-state index in [0.717, 1.165) is 29.9 Å². The molecule has 1 aromatic carbocycles. The van der Waals surface area contributed by atoms with Crippen molar-refractivity contribution in [3.8, 4) is 11.5 Å². The van der Waals surface area contributed by atoms with Crippen molar-refractivity contribution in [1.29, 1.82) is 0 Å². The minimum atomic E-state index is -0.496. The van der Waals surface area contributed by atoms with Gasteiger partial charge in [-0.2, -0.15) is 0 Å². The van der Waals surface area contributed by atoms with Crippen molar-refractivity contribution in [3.05, 3.63) is 22.8 Å². The fraction of sp³-hybridized carbons (Fsp3) is 0.647. The third-order valence-corrected chi connectivity index (χ3v) is 5.42. The van der Waals surface area contributed by atoms with Crippen LogP contribution in [0.5, 0.6) is 11.5 Å². The molecule has 0 aromatic heterocycles. The second-order valence-electron chi connectivity index (χ2n) is 6.71. The molecule has 3 aliphatic carbocycles. The van der Waals surface area contributed by atoms with E-state index in [2.05, 4.69) is 6.07 Å². The molecule has 0 spiro atoms. The summed E-state index contributed by atoms with van der Waals surface area (Å²) in [6.07, 6.45) is 6.29. The van der Waals surface area contributed by atoms with E-state index in [1.807, 2.05) is 0 Å². The molecule has 3 heteroatoms. The Balaban J connectivity index is 1.86. The largest absolute Gasteiger partial charge is 0.496 e. The van der Waals surface area contributed by atoms with Gasteiger partial charge < -0.3 is 14.6 Å². The van der Waals surface area contributed by atoms with Gasteiger partial charge in [-0.3, -0.25) is 0 Å². The molecule has 20 heavy (non-hydrogen) atoms. The Hall–Kier alpha value is -1.22. The normalized spacial score (nSPS) is 28.4. The second kappa shape index (κ2) is 4.14. The Kier molecular flexibility index (Phi) is 2.59. The lowest BCUT2D eigenvalue weighted by Gasteiger charge is -2.24. The van der Waals surface area contributed by atoms with E-state index in [1.165, 1.54) is 30.4 Å². The molecule has 3 aliphatic rings. The molecule has 3 nitrogen and oxygen atoms in total. The third kappa shape index (κ3) is 1.69. The van der Waals surface area contributed by atoms with E-state index in [-0.39, 0.29) is 0 Å². The van der Waals surface area contributed by atoms with Gasteiger partial charge in [0.25, 0.3) is 0 Å². The molecule has 108 valence electrons. The quantitative estimate of drug-likeness (QED) is 0.916. The molecule has 0 radical (unpaired) electrons. The van der Waals surface area contributed by atoms with Gasteiger partial charge in [-0.05, 0) is 50.0 Å². The molecule has 2 atom stereocenters. The number of hydrogen-bond acceptors (Lipinski definition) is 3. The topological polar surface area (TPSA) is 38.7 Å². The predicted molar refractivity (Wildman–Crippen MR) is 76.8 cm³/mol. The number of aliphatic hydroxyl groups is 1. The molecule has 1 aromatic rings. The molecule has 2 bridgehead atoms. The van der Waals surface area contributed by atoms with Gasteiger partial charge in [-0.15, -0.1) is 0 Å². The number of fused-ring (bicyclic) bond motifs is 5. The molecular weight excluding hydrogens is 252 g/mol. The van der Waals surface area contributed by atoms with Crippen LogP contribution < -0.4 is 9.47 Å². The van der Waals surface area contributed by atoms with Gasteiger partial charge in [0.2, 0.25) is 0 Å². The van der Waals surface area contributed by atoms with E-state index < -0.39 is 5.60 Å². The Labute approximate surface area is 119 Å². The zero-order chi connectivity index (χ0) is 13.9. The van der Waals surface area contributed by atoms with E-state index >= 15 is 0 Å². The van der Waals surface area contributed by atoms with Gasteiger partial charge >= 0.3 is 0 Å². The summed E-state index contributed by atoms with van der Waals surface area (Å²) in [7, 11) is 3.51. The van der Waals surface area contributed by atoms with Crippen molar-refractivity contribution in [3.63, 3.8) is 0 Å². The fourth-order valence-electron chi connectivity index (χ4n) is 4.28. The molecule has 1 N–H and O–H groups in total. The van der Waals surface area contributed by atoms with Crippen LogP contribution in [0.15, 0.2) is 6.07 Å². The zero-order valence-corrected chi connectivity index (χ0v) is 12.2. The summed E-state index contributed by atoms with van der Waals surface area (Å²) in [5.41, 5.74) is 3.38. The molecule has 4 rings (SSSR count). The highest BCUT2D eigenvalue weighted by Crippen LogP contribution is 2.60. The Bertz CT molecular complexity index is 560. The molecule has 0 saturated heterocycles. The smallest absolute Gasteiger partial charge is 0.126 e. The average molecular weight is 274 g/mol. The number of rotatable bonds is 4. The van der Waals surface area contributed by atoms with Crippen molar-refractivity contribution in [2.24, 2.45) is 0 Å². The minimum absolute atomic E-state index is 0.496. The first-order valence-electron chi connectivity index (χ1n) is 7.65. The number of methoxy groups -OCH3 is 2. The molecule has 2 saturated carbocycles. The van der Waals surface area contributed by atoms with Crippen LogP contribution in [0, 0.1) is 0 Å². The second-order valence-corrected chi connectivity index (χ2v) is 6.71. The monoisotopic (exact) mass is 274 g/mol. The maximum absolute atomic E-state index is 10.2. The molecule has 2 unspecified atom stereocenters. The van der Waals surface area contributed by atoms with Crippen molar-refractivity contribution in [2.75, 3.05) is 14.2 Å². The minimum Gasteiger partial charge on any atom is -0.496 e. The number of ether oxygens (including phenoxy) is 2. The molecule has 2 fully saturated rings. The van der Waals surface area contributed by atoms with Crippen LogP contribution >= 0.6 is 0 Å². The van der Waals surface area contributed by atoms with Crippen LogP contribution in [0.4, 0.5) is 0 Å². The Morgan fingerprint density at radius 2 is 1.85 bits per heavy atom. The fourth-order valence-corrected chi connectivity index (χ4v) is 4.28. The van der Waals surface area contributed by atoms with Crippen LogP contribution in [0.2, 0.25) is 0 Å². The summed E-state index contributed by atoms with van der Waals surface area (Å²) < 4.78 is 11.4. The van der Waals surface area contributed by atoms with Crippen molar-refractivity contribution < 1.29 is 14.6 Å². The predicted octanol–water partition coefficient (Wildman–Crippen LogP) is 3.14. The van der Waals surface area contributed by atoms with Crippen molar-refractivity contribution in [1.82, 2.24) is 0 Å². The third-order valence-electron chi connectivity index (χ3n) is 5.42. The lowest BCUT2D eigenvalue weighted by molar-refractivity contribution is 0.149. The van der Waals surface area contributed by atoms with Crippen LogP contribution in [0.1, 0.15) is 60.6 Å². The van der Waals surface area contributed by atoms with Gasteiger partial charge in [-0.25, -0.2) is 0 Å². The van der Waals surface area contributed by atoms with Gasteiger partial charge in [0, 0.05) is 23.1 Å². The highest BCUT2D eigenvalue weighted by atomic mass is 16.5. The lowest BCUT2D eigenvalue weighted by Crippen LogP contribution is -2.14. The van der Waals surface area contributed by atoms with Gasteiger partial charge in [0.05, 0.1) is 19.8 Å².